The van der Waals surface area contributed by atoms with E-state index >= 15 is 0 Å². The van der Waals surface area contributed by atoms with Crippen LogP contribution in [-0.2, 0) is 11.2 Å². The molecule has 186 valence electrons. The second-order valence-corrected chi connectivity index (χ2v) is 9.25. The molecule has 0 unspecified atom stereocenters. The summed E-state index contributed by atoms with van der Waals surface area (Å²) in [5, 5.41) is 0. The number of imidazole rings is 1. The number of ether oxygens (including phenoxy) is 2. The minimum Gasteiger partial charge on any atom is -0.406 e. The highest BCUT2D eigenvalue weighted by atomic mass is 19.4. The average molecular weight is 497 g/mol. The van der Waals surface area contributed by atoms with E-state index < -0.39 is 12.4 Å². The summed E-state index contributed by atoms with van der Waals surface area (Å²) in [6.45, 7) is 4.06. The van der Waals surface area contributed by atoms with Crippen LogP contribution in [0.3, 0.4) is 0 Å². The van der Waals surface area contributed by atoms with Crippen molar-refractivity contribution in [1.82, 2.24) is 19.3 Å². The lowest BCUT2D eigenvalue weighted by Gasteiger charge is -2.41. The summed E-state index contributed by atoms with van der Waals surface area (Å²) in [5.41, 5.74) is 10.8. The Morgan fingerprint density at radius 1 is 1.22 bits per heavy atom. The summed E-state index contributed by atoms with van der Waals surface area (Å²) in [5.74, 6) is -0.128. The lowest BCUT2D eigenvalue weighted by molar-refractivity contribution is -0.274. The van der Waals surface area contributed by atoms with E-state index in [-0.39, 0.29) is 23.9 Å². The Hall–Kier alpha value is -3.86. The quantitative estimate of drug-likeness (QED) is 0.446. The van der Waals surface area contributed by atoms with Gasteiger partial charge in [0, 0.05) is 18.5 Å². The van der Waals surface area contributed by atoms with Gasteiger partial charge in [-0.1, -0.05) is 6.07 Å². The molecule has 6 rings (SSSR count). The number of aryl methyl sites for hydroxylation is 1. The summed E-state index contributed by atoms with van der Waals surface area (Å²) in [6, 6.07) is 9.05. The number of nitrogens with two attached hydrogens (primary N) is 1. The van der Waals surface area contributed by atoms with Gasteiger partial charge in [-0.25, -0.2) is 9.97 Å². The van der Waals surface area contributed by atoms with Crippen LogP contribution in [-0.4, -0.2) is 50.3 Å². The molecule has 1 saturated heterocycles. The molecule has 3 heterocycles. The molecule has 2 aromatic heterocycles. The third-order valence-electron chi connectivity index (χ3n) is 6.81. The van der Waals surface area contributed by atoms with Crippen molar-refractivity contribution >= 4 is 28.3 Å². The molecule has 36 heavy (non-hydrogen) atoms. The van der Waals surface area contributed by atoms with Crippen LogP contribution in [0.2, 0.25) is 0 Å². The molecule has 3 atom stereocenters. The largest absolute Gasteiger partial charge is 0.573 e. The number of nitrogen functional groups attached to an aromatic ring is 1. The Labute approximate surface area is 203 Å². The predicted molar refractivity (Wildman–Crippen MR) is 125 cm³/mol. The van der Waals surface area contributed by atoms with Crippen molar-refractivity contribution < 1.29 is 27.4 Å². The zero-order valence-electron chi connectivity index (χ0n) is 19.4. The summed E-state index contributed by atoms with van der Waals surface area (Å²) < 4.78 is 50.1. The maximum Gasteiger partial charge on any atom is 0.573 e. The van der Waals surface area contributed by atoms with Gasteiger partial charge in [-0.05, 0) is 55.3 Å². The Balaban J connectivity index is 1.39. The van der Waals surface area contributed by atoms with Crippen LogP contribution in [0.5, 0.6) is 5.75 Å². The minimum absolute atomic E-state index is 0.202. The molecule has 2 aromatic carbocycles. The molecule has 1 amide bonds. The second kappa shape index (κ2) is 7.82. The molecule has 0 radical (unpaired) electrons. The molecule has 2 N–H and O–H groups in total. The number of nitrogens with zero attached hydrogens (tertiary/aromatic N) is 4. The molecule has 1 aliphatic heterocycles. The SMILES string of the molecule is Cc1ncn2c1c(N)nc1ccc(C(=O)N3C[C@H](C)O[C@@H]4Cc5cc(OC(F)(F)F)ccc5[C@@H]43)cc12. The van der Waals surface area contributed by atoms with Gasteiger partial charge in [0.1, 0.15) is 23.4 Å². The molecule has 2 aliphatic rings. The molecule has 1 aliphatic carbocycles. The number of carbonyl (C=O) groups is 1. The number of hydrogen-bond donors (Lipinski definition) is 1. The number of halogens is 3. The van der Waals surface area contributed by atoms with Gasteiger partial charge in [-0.15, -0.1) is 13.2 Å². The number of anilines is 1. The molecule has 0 spiro atoms. The Morgan fingerprint density at radius 3 is 2.81 bits per heavy atom. The van der Waals surface area contributed by atoms with E-state index in [2.05, 4.69) is 14.7 Å². The third-order valence-corrected chi connectivity index (χ3v) is 6.81. The number of morpholine rings is 1. The minimum atomic E-state index is -4.78. The number of amides is 1. The van der Waals surface area contributed by atoms with Crippen LogP contribution in [0, 0.1) is 6.92 Å². The van der Waals surface area contributed by atoms with E-state index in [0.717, 1.165) is 11.3 Å². The number of carbonyl (C=O) groups excluding carboxylic acids is 1. The van der Waals surface area contributed by atoms with E-state index in [1.54, 1.807) is 35.5 Å². The van der Waals surface area contributed by atoms with E-state index in [1.807, 2.05) is 18.2 Å². The van der Waals surface area contributed by atoms with Gasteiger partial charge >= 0.3 is 6.36 Å². The normalized spacial score (nSPS) is 21.6. The maximum atomic E-state index is 13.8. The second-order valence-electron chi connectivity index (χ2n) is 9.25. The predicted octanol–water partition coefficient (Wildman–Crippen LogP) is 4.20. The van der Waals surface area contributed by atoms with Crippen LogP contribution in [0.1, 0.15) is 40.1 Å². The van der Waals surface area contributed by atoms with Crippen LogP contribution < -0.4 is 10.5 Å². The average Bonchev–Trinajstić information content (AvgIpc) is 3.37. The molecule has 4 aromatic rings. The summed E-state index contributed by atoms with van der Waals surface area (Å²) >= 11 is 0. The first-order valence-corrected chi connectivity index (χ1v) is 11.5. The molecule has 1 fully saturated rings. The van der Waals surface area contributed by atoms with Gasteiger partial charge in [-0.2, -0.15) is 0 Å². The highest BCUT2D eigenvalue weighted by molar-refractivity contribution is 5.98. The number of aromatic nitrogens is 3. The maximum absolute atomic E-state index is 13.8. The first-order chi connectivity index (χ1) is 17.1. The molecular formula is C25H22F3N5O3. The topological polar surface area (TPSA) is 95.0 Å². The van der Waals surface area contributed by atoms with Gasteiger partial charge in [-0.3, -0.25) is 9.20 Å². The summed E-state index contributed by atoms with van der Waals surface area (Å²) in [7, 11) is 0. The zero-order valence-corrected chi connectivity index (χ0v) is 19.4. The van der Waals surface area contributed by atoms with Gasteiger partial charge < -0.3 is 20.1 Å². The van der Waals surface area contributed by atoms with Crippen LogP contribution in [0.25, 0.3) is 16.6 Å². The molecule has 11 heteroatoms. The number of rotatable bonds is 2. The van der Waals surface area contributed by atoms with Crippen molar-refractivity contribution in [3.8, 4) is 5.75 Å². The standard InChI is InChI=1S/C25H22F3N5O3/c1-12-10-32(22-17-5-4-16(36-25(26,27)28)7-15(17)9-20(22)35-12)24(34)14-3-6-18-19(8-14)33-11-30-13(2)21(33)23(29)31-18/h3-8,11-12,20,22H,9-10H2,1-2H3,(H2,29,31)/t12-,20+,22-/m0/s1. The van der Waals surface area contributed by atoms with Crippen molar-refractivity contribution in [3.63, 3.8) is 0 Å². The monoisotopic (exact) mass is 497 g/mol. The van der Waals surface area contributed by atoms with Crippen molar-refractivity contribution in [2.24, 2.45) is 0 Å². The number of hydrogen-bond acceptors (Lipinski definition) is 6. The number of alkyl halides is 3. The highest BCUT2D eigenvalue weighted by Gasteiger charge is 2.44. The molecule has 0 bridgehead atoms. The Morgan fingerprint density at radius 2 is 2.03 bits per heavy atom. The third kappa shape index (κ3) is 3.62. The van der Waals surface area contributed by atoms with Crippen LogP contribution in [0.15, 0.2) is 42.7 Å². The summed E-state index contributed by atoms with van der Waals surface area (Å²) in [6.07, 6.45) is -3.33. The number of benzene rings is 2. The zero-order chi connectivity index (χ0) is 25.4. The smallest absolute Gasteiger partial charge is 0.406 e. The van der Waals surface area contributed by atoms with E-state index in [4.69, 9.17) is 10.5 Å². The molecule has 8 nitrogen and oxygen atoms in total. The first-order valence-electron chi connectivity index (χ1n) is 11.5. The lowest BCUT2D eigenvalue weighted by Crippen LogP contribution is -2.50. The van der Waals surface area contributed by atoms with E-state index in [0.29, 0.717) is 46.5 Å². The first kappa shape index (κ1) is 22.6. The fraction of sp³-hybridized carbons (Fsp3) is 0.320. The van der Waals surface area contributed by atoms with Crippen molar-refractivity contribution in [3.05, 3.63) is 65.1 Å². The van der Waals surface area contributed by atoms with Crippen molar-refractivity contribution in [1.29, 1.82) is 0 Å². The lowest BCUT2D eigenvalue weighted by atomic mass is 10.0. The van der Waals surface area contributed by atoms with Gasteiger partial charge in [0.15, 0.2) is 0 Å². The fourth-order valence-electron chi connectivity index (χ4n) is 5.43. The molecule has 0 saturated carbocycles. The van der Waals surface area contributed by atoms with Gasteiger partial charge in [0.25, 0.3) is 5.91 Å². The van der Waals surface area contributed by atoms with Crippen LogP contribution in [0.4, 0.5) is 19.0 Å². The van der Waals surface area contributed by atoms with Crippen molar-refractivity contribution in [2.45, 2.75) is 44.9 Å². The fourth-order valence-corrected chi connectivity index (χ4v) is 5.43. The number of fused-ring (bicyclic) bond motifs is 6. The van der Waals surface area contributed by atoms with E-state index in [9.17, 15) is 18.0 Å². The van der Waals surface area contributed by atoms with Gasteiger partial charge in [0.2, 0.25) is 0 Å². The van der Waals surface area contributed by atoms with Crippen LogP contribution >= 0.6 is 0 Å². The highest BCUT2D eigenvalue weighted by Crippen LogP contribution is 2.43. The van der Waals surface area contributed by atoms with E-state index in [1.165, 1.54) is 12.1 Å². The Kier molecular flexibility index (Phi) is 4.91. The Bertz CT molecular complexity index is 1530. The van der Waals surface area contributed by atoms with Crippen molar-refractivity contribution in [2.75, 3.05) is 12.3 Å². The molecular weight excluding hydrogens is 475 g/mol. The van der Waals surface area contributed by atoms with Gasteiger partial charge in [0.05, 0.1) is 35.0 Å². The summed E-state index contributed by atoms with van der Waals surface area (Å²) in [4.78, 5) is 24.4.